The Morgan fingerprint density at radius 1 is 1.22 bits per heavy atom. The van der Waals surface area contributed by atoms with Crippen molar-refractivity contribution < 1.29 is 9.59 Å². The summed E-state index contributed by atoms with van der Waals surface area (Å²) in [6.07, 6.45) is 0.628. The molecule has 1 aliphatic rings. The maximum absolute atomic E-state index is 12.2. The van der Waals surface area contributed by atoms with Gasteiger partial charge in [0.25, 0.3) is 0 Å². The summed E-state index contributed by atoms with van der Waals surface area (Å²) in [5.41, 5.74) is 1.04. The van der Waals surface area contributed by atoms with Crippen LogP contribution in [0.15, 0.2) is 30.3 Å². The Hall–Kier alpha value is -1.84. The Morgan fingerprint density at radius 2 is 1.89 bits per heavy atom. The summed E-state index contributed by atoms with van der Waals surface area (Å²) >= 11 is 0. The molecule has 0 saturated carbocycles. The Balaban J connectivity index is 2.18. The first-order valence-electron chi connectivity index (χ1n) is 6.28. The first kappa shape index (κ1) is 12.6. The molecule has 2 amide bonds. The van der Waals surface area contributed by atoms with Crippen molar-refractivity contribution in [1.29, 1.82) is 0 Å². The second-order valence-electron chi connectivity index (χ2n) is 4.60. The van der Waals surface area contributed by atoms with E-state index in [1.165, 1.54) is 0 Å². The van der Waals surface area contributed by atoms with Crippen molar-refractivity contribution >= 4 is 11.8 Å². The Morgan fingerprint density at radius 3 is 2.50 bits per heavy atom. The number of nitrogens with one attached hydrogen (secondary N) is 1. The molecule has 4 nitrogen and oxygen atoms in total. The second kappa shape index (κ2) is 5.21. The molecule has 18 heavy (non-hydrogen) atoms. The predicted molar refractivity (Wildman–Crippen MR) is 68.7 cm³/mol. The van der Waals surface area contributed by atoms with Gasteiger partial charge < -0.3 is 10.2 Å². The first-order chi connectivity index (χ1) is 8.63. The van der Waals surface area contributed by atoms with E-state index in [0.29, 0.717) is 13.0 Å². The highest BCUT2D eigenvalue weighted by Gasteiger charge is 2.36. The number of carbonyl (C=O) groups excluding carboxylic acids is 2. The van der Waals surface area contributed by atoms with E-state index in [4.69, 9.17) is 0 Å². The van der Waals surface area contributed by atoms with Crippen LogP contribution in [0.1, 0.15) is 25.8 Å². The molecule has 1 heterocycles. The normalized spacial score (nSPS) is 24.0. The van der Waals surface area contributed by atoms with Crippen molar-refractivity contribution in [2.75, 3.05) is 0 Å². The van der Waals surface area contributed by atoms with Crippen LogP contribution in [0, 0.1) is 0 Å². The summed E-state index contributed by atoms with van der Waals surface area (Å²) in [5, 5.41) is 2.75. The Labute approximate surface area is 107 Å². The zero-order valence-electron chi connectivity index (χ0n) is 10.7. The van der Waals surface area contributed by atoms with Gasteiger partial charge in [0.2, 0.25) is 11.8 Å². The van der Waals surface area contributed by atoms with Crippen LogP contribution in [0.3, 0.4) is 0 Å². The molecule has 2 atom stereocenters. The molecule has 0 spiro atoms. The van der Waals surface area contributed by atoms with E-state index in [0.717, 1.165) is 5.56 Å². The highest BCUT2D eigenvalue weighted by Crippen LogP contribution is 2.15. The standard InChI is InChI=1S/C14H18N2O2/c1-3-12-14(18)16(10(2)13(17)15-12)9-11-7-5-4-6-8-11/h4-8,10,12H,3,9H2,1-2H3,(H,15,17)/t10?,12-/m0/s1. The molecule has 1 saturated heterocycles. The number of benzene rings is 1. The van der Waals surface area contributed by atoms with E-state index in [9.17, 15) is 9.59 Å². The van der Waals surface area contributed by atoms with Crippen LogP contribution in [-0.4, -0.2) is 28.8 Å². The van der Waals surface area contributed by atoms with E-state index < -0.39 is 6.04 Å². The molecule has 2 rings (SSSR count). The third kappa shape index (κ3) is 2.37. The van der Waals surface area contributed by atoms with Crippen molar-refractivity contribution in [3.05, 3.63) is 35.9 Å². The lowest BCUT2D eigenvalue weighted by Crippen LogP contribution is -2.61. The number of piperazine rings is 1. The summed E-state index contributed by atoms with van der Waals surface area (Å²) in [4.78, 5) is 25.7. The average Bonchev–Trinajstić information content (AvgIpc) is 2.40. The number of amides is 2. The quantitative estimate of drug-likeness (QED) is 0.874. The number of carbonyl (C=O) groups is 2. The molecule has 4 heteroatoms. The lowest BCUT2D eigenvalue weighted by molar-refractivity contribution is -0.149. The van der Waals surface area contributed by atoms with Gasteiger partial charge in [0.15, 0.2) is 0 Å². The van der Waals surface area contributed by atoms with E-state index in [1.807, 2.05) is 37.3 Å². The smallest absolute Gasteiger partial charge is 0.246 e. The van der Waals surface area contributed by atoms with Crippen LogP contribution in [0.25, 0.3) is 0 Å². The van der Waals surface area contributed by atoms with Crippen molar-refractivity contribution in [3.63, 3.8) is 0 Å². The van der Waals surface area contributed by atoms with Crippen LogP contribution in [0.5, 0.6) is 0 Å². The Kier molecular flexibility index (Phi) is 3.65. The fourth-order valence-electron chi connectivity index (χ4n) is 2.16. The van der Waals surface area contributed by atoms with Crippen molar-refractivity contribution in [2.24, 2.45) is 0 Å². The van der Waals surface area contributed by atoms with Crippen LogP contribution < -0.4 is 5.32 Å². The van der Waals surface area contributed by atoms with Gasteiger partial charge >= 0.3 is 0 Å². The van der Waals surface area contributed by atoms with Crippen molar-refractivity contribution in [3.8, 4) is 0 Å². The van der Waals surface area contributed by atoms with E-state index >= 15 is 0 Å². The van der Waals surface area contributed by atoms with Gasteiger partial charge in [-0.15, -0.1) is 0 Å². The van der Waals surface area contributed by atoms with Gasteiger partial charge in [0.05, 0.1) is 0 Å². The topological polar surface area (TPSA) is 49.4 Å². The zero-order chi connectivity index (χ0) is 13.1. The van der Waals surface area contributed by atoms with Crippen LogP contribution in [0.4, 0.5) is 0 Å². The fourth-order valence-corrected chi connectivity index (χ4v) is 2.16. The maximum Gasteiger partial charge on any atom is 0.246 e. The molecule has 0 bridgehead atoms. The molecule has 1 fully saturated rings. The molecule has 1 N–H and O–H groups in total. The molecular formula is C14H18N2O2. The summed E-state index contributed by atoms with van der Waals surface area (Å²) in [5.74, 6) is -0.0640. The molecule has 0 aromatic heterocycles. The molecule has 96 valence electrons. The highest BCUT2D eigenvalue weighted by atomic mass is 16.2. The second-order valence-corrected chi connectivity index (χ2v) is 4.60. The summed E-state index contributed by atoms with van der Waals surface area (Å²) in [6.45, 7) is 4.16. The average molecular weight is 246 g/mol. The van der Waals surface area contributed by atoms with Crippen LogP contribution >= 0.6 is 0 Å². The molecular weight excluding hydrogens is 228 g/mol. The number of hydrogen-bond donors (Lipinski definition) is 1. The monoisotopic (exact) mass is 246 g/mol. The van der Waals surface area contributed by atoms with Gasteiger partial charge in [-0.2, -0.15) is 0 Å². The van der Waals surface area contributed by atoms with Gasteiger partial charge in [-0.25, -0.2) is 0 Å². The Bertz CT molecular complexity index is 444. The third-order valence-corrected chi connectivity index (χ3v) is 3.35. The summed E-state index contributed by atoms with van der Waals surface area (Å²) in [7, 11) is 0. The summed E-state index contributed by atoms with van der Waals surface area (Å²) in [6, 6.07) is 8.96. The minimum absolute atomic E-state index is 0.00783. The van der Waals surface area contributed by atoms with Gasteiger partial charge in [-0.1, -0.05) is 37.3 Å². The first-order valence-corrected chi connectivity index (χ1v) is 6.28. The van der Waals surface area contributed by atoms with Gasteiger partial charge in [-0.05, 0) is 18.9 Å². The number of hydrogen-bond acceptors (Lipinski definition) is 2. The van der Waals surface area contributed by atoms with E-state index in [-0.39, 0.29) is 17.9 Å². The molecule has 1 aromatic rings. The molecule has 0 aliphatic carbocycles. The third-order valence-electron chi connectivity index (χ3n) is 3.35. The largest absolute Gasteiger partial charge is 0.343 e. The summed E-state index contributed by atoms with van der Waals surface area (Å²) < 4.78 is 0. The number of rotatable bonds is 3. The predicted octanol–water partition coefficient (Wildman–Crippen LogP) is 1.31. The number of nitrogens with zero attached hydrogens (tertiary/aromatic N) is 1. The molecule has 1 aromatic carbocycles. The lowest BCUT2D eigenvalue weighted by atomic mass is 10.1. The van der Waals surface area contributed by atoms with E-state index in [1.54, 1.807) is 11.8 Å². The minimum Gasteiger partial charge on any atom is -0.343 e. The van der Waals surface area contributed by atoms with Crippen LogP contribution in [0.2, 0.25) is 0 Å². The van der Waals surface area contributed by atoms with Gasteiger partial charge in [0, 0.05) is 6.54 Å². The molecule has 1 unspecified atom stereocenters. The van der Waals surface area contributed by atoms with Gasteiger partial charge in [-0.3, -0.25) is 9.59 Å². The SMILES string of the molecule is CC[C@@H]1NC(=O)C(C)N(Cc2ccccc2)C1=O. The van der Waals surface area contributed by atoms with Crippen LogP contribution in [-0.2, 0) is 16.1 Å². The highest BCUT2D eigenvalue weighted by molar-refractivity contribution is 5.96. The lowest BCUT2D eigenvalue weighted by Gasteiger charge is -2.37. The molecule has 1 aliphatic heterocycles. The maximum atomic E-state index is 12.2. The van der Waals surface area contributed by atoms with Crippen molar-refractivity contribution in [2.45, 2.75) is 38.9 Å². The fraction of sp³-hybridized carbons (Fsp3) is 0.429. The van der Waals surface area contributed by atoms with Gasteiger partial charge in [0.1, 0.15) is 12.1 Å². The van der Waals surface area contributed by atoms with Crippen molar-refractivity contribution in [1.82, 2.24) is 10.2 Å². The minimum atomic E-state index is -0.402. The van der Waals surface area contributed by atoms with E-state index in [2.05, 4.69) is 5.32 Å². The molecule has 0 radical (unpaired) electrons. The zero-order valence-corrected chi connectivity index (χ0v) is 10.7.